The van der Waals surface area contributed by atoms with Gasteiger partial charge in [-0.1, -0.05) is 18.2 Å². The number of fused-ring (bicyclic) bond motifs is 1. The van der Waals surface area contributed by atoms with Gasteiger partial charge in [0.25, 0.3) is 0 Å². The van der Waals surface area contributed by atoms with Gasteiger partial charge in [-0.25, -0.2) is 9.59 Å². The Hall–Kier alpha value is -3.76. The molecule has 1 saturated heterocycles. The van der Waals surface area contributed by atoms with Crippen LogP contribution in [0, 0.1) is 34.5 Å². The summed E-state index contributed by atoms with van der Waals surface area (Å²) in [6.45, 7) is 3.81. The third kappa shape index (κ3) is 12.2. The van der Waals surface area contributed by atoms with Gasteiger partial charge < -0.3 is 81.2 Å². The molecule has 6 aliphatic rings. The number of piperidine rings is 1. The van der Waals surface area contributed by atoms with E-state index in [0.717, 1.165) is 12.8 Å². The highest BCUT2D eigenvalue weighted by Gasteiger charge is 2.65. The van der Waals surface area contributed by atoms with E-state index in [0.29, 0.717) is 55.2 Å². The number of carbonyl (C=O) groups is 3. The number of likely N-dealkylation sites (tertiary alicyclic amines) is 1. The maximum atomic E-state index is 14.9. The molecule has 7 rings (SSSR count). The Morgan fingerprint density at radius 1 is 0.881 bits per heavy atom. The van der Waals surface area contributed by atoms with Gasteiger partial charge in [-0.05, 0) is 114 Å². The monoisotopic (exact) mass is 949 g/mol. The minimum absolute atomic E-state index is 0.0540. The summed E-state index contributed by atoms with van der Waals surface area (Å²) >= 11 is 0. The Kier molecular flexibility index (Phi) is 16.5. The SMILES string of the molecule is CC(OC12CC3CC(C1)CC([C@H](NC(=O)OC(C)(C)C)C(=O)N1[C@H](C#N)C[C@@H]4C[C@@H]41)(C3)C2)c1cc(CN(C[C@H](O)[C@@H](O)[C@H](O)[C@H](O)CO)C[C@H](O)[C@@H](O)[C@H](O)[C@H](O)CO)ccc1COC(N)=O. The van der Waals surface area contributed by atoms with Gasteiger partial charge in [-0.2, -0.15) is 5.26 Å². The van der Waals surface area contributed by atoms with E-state index in [9.17, 15) is 70.7 Å². The molecule has 0 radical (unpaired) electrons. The number of ether oxygens (including phenoxy) is 3. The first kappa shape index (κ1) is 52.6. The number of hydrogen-bond acceptors (Lipinski definition) is 18. The Morgan fingerprint density at radius 2 is 1.45 bits per heavy atom. The molecule has 67 heavy (non-hydrogen) atoms. The van der Waals surface area contributed by atoms with Crippen LogP contribution in [-0.2, 0) is 32.2 Å². The number of rotatable bonds is 22. The molecule has 21 nitrogen and oxygen atoms in total. The molecule has 1 aromatic rings. The van der Waals surface area contributed by atoms with Crippen LogP contribution >= 0.6 is 0 Å². The van der Waals surface area contributed by atoms with Gasteiger partial charge in [-0.15, -0.1) is 0 Å². The number of aliphatic hydroxyl groups is 10. The van der Waals surface area contributed by atoms with Crippen molar-refractivity contribution in [3.63, 3.8) is 0 Å². The van der Waals surface area contributed by atoms with Crippen LogP contribution in [0.15, 0.2) is 18.2 Å². The van der Waals surface area contributed by atoms with E-state index in [1.807, 2.05) is 6.92 Å². The zero-order chi connectivity index (χ0) is 49.3. The normalized spacial score (nSPS) is 30.8. The third-order valence-electron chi connectivity index (χ3n) is 14.5. The van der Waals surface area contributed by atoms with Crippen LogP contribution < -0.4 is 11.1 Å². The van der Waals surface area contributed by atoms with Gasteiger partial charge in [-0.3, -0.25) is 9.69 Å². The Balaban J connectivity index is 1.30. The number of carbonyl (C=O) groups excluding carboxylic acids is 3. The molecule has 1 heterocycles. The summed E-state index contributed by atoms with van der Waals surface area (Å²) in [7, 11) is 0. The standard InChI is InChI=1S/C46H71N5O16/c1-23(66-46-13-25-7-26(14-46)12-45(11-25,22-46)40(49-43(64)67-44(2,3)4)41(62)51-29(15-47)9-28-10-31(28)51)30-8-24(5-6-27(30)21-65-42(48)63)16-50(17-32(54)36(58)38(60)34(56)19-52)18-33(55)37(59)39(61)35(57)20-53/h5-6,8,23,25-26,28-29,31-40,52-61H,7,9-14,16-22H2,1-4H3,(H2,48,63)(H,49,64)/t23?,25?,26?,28-,29+,31+,32+,33+,34-,35-,36-,37-,38-,39-,40-,45?,46?/m1/s1. The van der Waals surface area contributed by atoms with E-state index in [2.05, 4.69) is 11.4 Å². The van der Waals surface area contributed by atoms with Gasteiger partial charge in [0.05, 0.1) is 43.2 Å². The summed E-state index contributed by atoms with van der Waals surface area (Å²) < 4.78 is 18.1. The number of nitriles is 1. The van der Waals surface area contributed by atoms with Crippen LogP contribution in [0.25, 0.3) is 0 Å². The second-order valence-corrected chi connectivity index (χ2v) is 21.0. The van der Waals surface area contributed by atoms with Crippen molar-refractivity contribution < 1.29 is 79.7 Å². The molecule has 3 amide bonds. The largest absolute Gasteiger partial charge is 0.445 e. The number of alkyl carbamates (subject to hydrolysis) is 1. The van der Waals surface area contributed by atoms with Gasteiger partial charge >= 0.3 is 12.2 Å². The summed E-state index contributed by atoms with van der Waals surface area (Å²) in [6.07, 6.45) is -12.2. The molecule has 5 aliphatic carbocycles. The number of nitrogens with two attached hydrogens (primary N) is 1. The summed E-state index contributed by atoms with van der Waals surface area (Å²) in [5.74, 6) is 0.268. The average Bonchev–Trinajstić information content (AvgIpc) is 3.92. The zero-order valence-electron chi connectivity index (χ0n) is 38.6. The molecule has 13 N–H and O–H groups in total. The van der Waals surface area contributed by atoms with Crippen molar-refractivity contribution in [2.45, 2.75) is 176 Å². The van der Waals surface area contributed by atoms with Crippen molar-refractivity contribution in [2.75, 3.05) is 26.3 Å². The molecule has 1 aliphatic heterocycles. The van der Waals surface area contributed by atoms with E-state index < -0.39 is 122 Å². The van der Waals surface area contributed by atoms with Crippen LogP contribution in [0.2, 0.25) is 0 Å². The molecule has 376 valence electrons. The van der Waals surface area contributed by atoms with Crippen molar-refractivity contribution in [1.82, 2.24) is 15.1 Å². The van der Waals surface area contributed by atoms with Crippen molar-refractivity contribution in [3.8, 4) is 6.07 Å². The van der Waals surface area contributed by atoms with Crippen molar-refractivity contribution in [3.05, 3.63) is 34.9 Å². The molecule has 0 aromatic heterocycles. The highest BCUT2D eigenvalue weighted by molar-refractivity contribution is 5.88. The molecule has 5 saturated carbocycles. The first-order valence-corrected chi connectivity index (χ1v) is 23.2. The molecule has 3 unspecified atom stereocenters. The number of nitrogens with zero attached hydrogens (tertiary/aromatic N) is 3. The number of aliphatic hydroxyl groups excluding tert-OH is 10. The summed E-state index contributed by atoms with van der Waals surface area (Å²) in [6, 6.07) is 5.73. The molecular weight excluding hydrogens is 879 g/mol. The lowest BCUT2D eigenvalue weighted by Gasteiger charge is -2.63. The van der Waals surface area contributed by atoms with Crippen molar-refractivity contribution >= 4 is 18.1 Å². The molecule has 1 aromatic carbocycles. The lowest BCUT2D eigenvalue weighted by Crippen LogP contribution is -2.67. The second kappa shape index (κ2) is 21.1. The van der Waals surface area contributed by atoms with Gasteiger partial charge in [0.2, 0.25) is 5.91 Å². The second-order valence-electron chi connectivity index (χ2n) is 21.0. The fourth-order valence-electron chi connectivity index (χ4n) is 11.8. The van der Waals surface area contributed by atoms with E-state index in [-0.39, 0.29) is 42.9 Å². The van der Waals surface area contributed by atoms with E-state index >= 15 is 0 Å². The highest BCUT2D eigenvalue weighted by atomic mass is 16.6. The smallest absolute Gasteiger partial charge is 0.408 e. The van der Waals surface area contributed by atoms with E-state index in [1.54, 1.807) is 43.9 Å². The molecule has 6 fully saturated rings. The van der Waals surface area contributed by atoms with Crippen molar-refractivity contribution in [1.29, 1.82) is 5.26 Å². The Morgan fingerprint density at radius 3 is 1.97 bits per heavy atom. The number of hydrogen-bond donors (Lipinski definition) is 12. The Labute approximate surface area is 390 Å². The van der Waals surface area contributed by atoms with E-state index in [1.165, 1.54) is 4.90 Å². The topological polar surface area (TPSA) is 350 Å². The summed E-state index contributed by atoms with van der Waals surface area (Å²) in [4.78, 5) is 43.3. The fraction of sp³-hybridized carbons (Fsp3) is 0.783. The van der Waals surface area contributed by atoms with Gasteiger partial charge in [0.15, 0.2) is 0 Å². The maximum Gasteiger partial charge on any atom is 0.408 e. The molecule has 15 atom stereocenters. The fourth-order valence-corrected chi connectivity index (χ4v) is 11.8. The molecule has 4 bridgehead atoms. The lowest BCUT2D eigenvalue weighted by molar-refractivity contribution is -0.219. The van der Waals surface area contributed by atoms with Crippen LogP contribution in [0.5, 0.6) is 0 Å². The minimum Gasteiger partial charge on any atom is -0.445 e. The quantitative estimate of drug-likeness (QED) is 0.0648. The summed E-state index contributed by atoms with van der Waals surface area (Å²) in [5, 5.41) is 116. The number of nitrogens with one attached hydrogen (secondary N) is 1. The first-order chi connectivity index (χ1) is 31.4. The van der Waals surface area contributed by atoms with Crippen molar-refractivity contribution in [2.24, 2.45) is 28.9 Å². The van der Waals surface area contributed by atoms with Crippen LogP contribution in [0.4, 0.5) is 9.59 Å². The third-order valence-corrected chi connectivity index (χ3v) is 14.5. The van der Waals surface area contributed by atoms with Crippen LogP contribution in [0.1, 0.15) is 102 Å². The molecular formula is C46H71N5O16. The van der Waals surface area contributed by atoms with Gasteiger partial charge in [0.1, 0.15) is 60.9 Å². The maximum absolute atomic E-state index is 14.9. The Bertz CT molecular complexity index is 1900. The van der Waals surface area contributed by atoms with Gasteiger partial charge in [0, 0.05) is 31.1 Å². The lowest BCUT2D eigenvalue weighted by atomic mass is 9.46. The molecule has 21 heteroatoms. The predicted molar refractivity (Wildman–Crippen MR) is 234 cm³/mol. The molecule has 0 spiro atoms. The number of amides is 3. The van der Waals surface area contributed by atoms with Crippen LogP contribution in [0.3, 0.4) is 0 Å². The predicted octanol–water partition coefficient (Wildman–Crippen LogP) is -1.22. The van der Waals surface area contributed by atoms with Crippen LogP contribution in [-0.4, -0.2) is 183 Å². The minimum atomic E-state index is -1.99. The number of benzene rings is 1. The first-order valence-electron chi connectivity index (χ1n) is 23.2. The highest BCUT2D eigenvalue weighted by Crippen LogP contribution is 2.65. The average molecular weight is 950 g/mol. The van der Waals surface area contributed by atoms with E-state index in [4.69, 9.17) is 19.9 Å². The zero-order valence-corrected chi connectivity index (χ0v) is 38.6. The summed E-state index contributed by atoms with van der Waals surface area (Å²) in [5.41, 5.74) is 4.61. The number of primary amides is 1.